The van der Waals surface area contributed by atoms with Crippen LogP contribution in [0.4, 0.5) is 14.9 Å². The van der Waals surface area contributed by atoms with Crippen LogP contribution in [0.25, 0.3) is 0 Å². The van der Waals surface area contributed by atoms with E-state index in [1.54, 1.807) is 12.1 Å². The van der Waals surface area contributed by atoms with E-state index in [1.807, 2.05) is 52.0 Å². The highest BCUT2D eigenvalue weighted by atomic mass is 127. The number of carbonyl (C=O) groups is 1. The quantitative estimate of drug-likeness (QED) is 0.211. The van der Waals surface area contributed by atoms with Crippen molar-refractivity contribution < 1.29 is 19.0 Å². The van der Waals surface area contributed by atoms with E-state index in [1.165, 1.54) is 12.1 Å². The van der Waals surface area contributed by atoms with Gasteiger partial charge in [-0.3, -0.25) is 10.3 Å². The number of carbonyl (C=O) groups excluding carboxylic acids is 1. The van der Waals surface area contributed by atoms with Crippen molar-refractivity contribution in [3.05, 3.63) is 65.5 Å². The number of halogens is 2. The van der Waals surface area contributed by atoms with Gasteiger partial charge in [-0.2, -0.15) is 0 Å². The maximum absolute atomic E-state index is 13.0. The zero-order valence-corrected chi connectivity index (χ0v) is 21.9. The summed E-state index contributed by atoms with van der Waals surface area (Å²) in [5.41, 5.74) is 1.83. The van der Waals surface area contributed by atoms with E-state index in [9.17, 15) is 14.3 Å². The molecule has 0 aliphatic heterocycles. The Morgan fingerprint density at radius 1 is 1.09 bits per heavy atom. The second-order valence-corrected chi connectivity index (χ2v) is 8.29. The van der Waals surface area contributed by atoms with Gasteiger partial charge in [-0.25, -0.2) is 9.18 Å². The predicted octanol–water partition coefficient (Wildman–Crippen LogP) is 4.62. The second-order valence-electron chi connectivity index (χ2n) is 8.29. The minimum atomic E-state index is -0.809. The fourth-order valence-electron chi connectivity index (χ4n) is 2.81. The zero-order valence-electron chi connectivity index (χ0n) is 19.5. The first-order chi connectivity index (χ1) is 15.2. The van der Waals surface area contributed by atoms with Crippen molar-refractivity contribution in [2.24, 2.45) is 4.99 Å². The van der Waals surface area contributed by atoms with E-state index < -0.39 is 17.8 Å². The van der Waals surface area contributed by atoms with Crippen molar-refractivity contribution in [1.29, 1.82) is 0 Å². The topological polar surface area (TPSA) is 95.0 Å². The normalized spacial score (nSPS) is 12.4. The molecular weight excluding hydrogens is 538 g/mol. The average molecular weight is 572 g/mol. The summed E-state index contributed by atoms with van der Waals surface area (Å²) in [6, 6.07) is 13.3. The molecule has 0 aromatic heterocycles. The number of aliphatic hydroxyl groups is 1. The Kier molecular flexibility index (Phi) is 12.1. The van der Waals surface area contributed by atoms with Gasteiger partial charge >= 0.3 is 6.09 Å². The molecule has 0 heterocycles. The van der Waals surface area contributed by atoms with Crippen LogP contribution < -0.4 is 16.0 Å². The summed E-state index contributed by atoms with van der Waals surface area (Å²) in [4.78, 5) is 16.2. The molecule has 33 heavy (non-hydrogen) atoms. The zero-order chi connectivity index (χ0) is 23.6. The number of nitrogens with one attached hydrogen (secondary N) is 3. The van der Waals surface area contributed by atoms with Gasteiger partial charge in [-0.1, -0.05) is 24.3 Å². The number of aliphatic imine (C=N–C) groups is 1. The van der Waals surface area contributed by atoms with Gasteiger partial charge in [-0.15, -0.1) is 24.0 Å². The number of aliphatic hydroxyl groups excluding tert-OH is 1. The highest BCUT2D eigenvalue weighted by Crippen LogP contribution is 2.14. The molecular formula is C24H34FIN4O3. The van der Waals surface area contributed by atoms with Crippen molar-refractivity contribution in [1.82, 2.24) is 10.6 Å². The summed E-state index contributed by atoms with van der Waals surface area (Å²) in [7, 11) is 0. The molecule has 0 spiro atoms. The van der Waals surface area contributed by atoms with Crippen molar-refractivity contribution in [2.75, 3.05) is 25.0 Å². The van der Waals surface area contributed by atoms with E-state index in [2.05, 4.69) is 20.9 Å². The van der Waals surface area contributed by atoms with E-state index in [-0.39, 0.29) is 36.3 Å². The number of benzene rings is 2. The Labute approximate surface area is 212 Å². The van der Waals surface area contributed by atoms with Crippen molar-refractivity contribution in [2.45, 2.75) is 45.8 Å². The van der Waals surface area contributed by atoms with Gasteiger partial charge in [-0.05, 0) is 69.5 Å². The van der Waals surface area contributed by atoms with Crippen LogP contribution in [0.3, 0.4) is 0 Å². The third-order valence-corrected chi connectivity index (χ3v) is 4.33. The summed E-state index contributed by atoms with van der Waals surface area (Å²) in [6.45, 7) is 8.89. The standard InChI is InChI=1S/C24H33FN4O3.HI/c1-5-26-22(28-16-21(30)18-8-10-19(25)11-9-18)27-15-14-17-6-12-20(13-7-17)29-23(31)32-24(2,3)4;/h6-13,21,30H,5,14-16H2,1-4H3,(H,29,31)(H2,26,27,28);1H. The van der Waals surface area contributed by atoms with Crippen molar-refractivity contribution >= 4 is 41.7 Å². The van der Waals surface area contributed by atoms with Gasteiger partial charge in [0.25, 0.3) is 0 Å². The highest BCUT2D eigenvalue weighted by molar-refractivity contribution is 14.0. The molecule has 0 saturated carbocycles. The molecule has 2 aromatic carbocycles. The summed E-state index contributed by atoms with van der Waals surface area (Å²) in [5, 5.41) is 19.3. The van der Waals surface area contributed by atoms with Crippen LogP contribution >= 0.6 is 24.0 Å². The lowest BCUT2D eigenvalue weighted by Gasteiger charge is -2.19. The molecule has 4 N–H and O–H groups in total. The van der Waals surface area contributed by atoms with Crippen LogP contribution in [0.1, 0.15) is 44.9 Å². The number of ether oxygens (including phenoxy) is 1. The SMILES string of the molecule is CCNC(=NCC(O)c1ccc(F)cc1)NCCc1ccc(NC(=O)OC(C)(C)C)cc1.I. The third kappa shape index (κ3) is 11.3. The van der Waals surface area contributed by atoms with Crippen LogP contribution in [0.15, 0.2) is 53.5 Å². The number of nitrogens with zero attached hydrogens (tertiary/aromatic N) is 1. The first-order valence-corrected chi connectivity index (χ1v) is 10.7. The summed E-state index contributed by atoms with van der Waals surface area (Å²) in [5.74, 6) is 0.255. The first kappa shape index (κ1) is 28.6. The minimum Gasteiger partial charge on any atom is -0.444 e. The maximum Gasteiger partial charge on any atom is 0.412 e. The van der Waals surface area contributed by atoms with Gasteiger partial charge in [0.2, 0.25) is 0 Å². The second kappa shape index (κ2) is 14.0. The molecule has 1 unspecified atom stereocenters. The Bertz CT molecular complexity index is 884. The number of hydrogen-bond donors (Lipinski definition) is 4. The molecule has 7 nitrogen and oxygen atoms in total. The lowest BCUT2D eigenvalue weighted by molar-refractivity contribution is 0.0636. The van der Waals surface area contributed by atoms with E-state index in [0.29, 0.717) is 30.3 Å². The van der Waals surface area contributed by atoms with Crippen molar-refractivity contribution in [3.8, 4) is 0 Å². The fourth-order valence-corrected chi connectivity index (χ4v) is 2.81. The Hall–Kier alpha value is -2.40. The average Bonchev–Trinajstić information content (AvgIpc) is 2.72. The summed E-state index contributed by atoms with van der Waals surface area (Å²) in [6.07, 6.45) is -0.546. The number of guanidine groups is 1. The number of anilines is 1. The van der Waals surface area contributed by atoms with Crippen LogP contribution in [0.5, 0.6) is 0 Å². The van der Waals surface area contributed by atoms with Crippen LogP contribution in [-0.4, -0.2) is 42.4 Å². The predicted molar refractivity (Wildman–Crippen MR) is 141 cm³/mol. The monoisotopic (exact) mass is 572 g/mol. The number of rotatable bonds is 8. The molecule has 0 aliphatic rings. The minimum absolute atomic E-state index is 0. The highest BCUT2D eigenvalue weighted by Gasteiger charge is 2.16. The number of amides is 1. The molecule has 0 bridgehead atoms. The molecule has 2 aromatic rings. The fraction of sp³-hybridized carbons (Fsp3) is 0.417. The Balaban J connectivity index is 0.00000544. The lowest BCUT2D eigenvalue weighted by Crippen LogP contribution is -2.38. The molecule has 9 heteroatoms. The van der Waals surface area contributed by atoms with Gasteiger partial charge in [0.05, 0.1) is 12.6 Å². The number of hydrogen-bond acceptors (Lipinski definition) is 4. The molecule has 182 valence electrons. The summed E-state index contributed by atoms with van der Waals surface area (Å²) < 4.78 is 18.3. The smallest absolute Gasteiger partial charge is 0.412 e. The maximum atomic E-state index is 13.0. The molecule has 0 radical (unpaired) electrons. The molecule has 0 saturated heterocycles. The van der Waals surface area contributed by atoms with Crippen molar-refractivity contribution in [3.63, 3.8) is 0 Å². The Morgan fingerprint density at radius 3 is 2.30 bits per heavy atom. The van der Waals surface area contributed by atoms with E-state index >= 15 is 0 Å². The van der Waals surface area contributed by atoms with Gasteiger partial charge in [0.15, 0.2) is 5.96 Å². The summed E-state index contributed by atoms with van der Waals surface area (Å²) >= 11 is 0. The van der Waals surface area contributed by atoms with Gasteiger partial charge in [0, 0.05) is 18.8 Å². The molecule has 1 atom stereocenters. The Morgan fingerprint density at radius 2 is 1.73 bits per heavy atom. The van der Waals surface area contributed by atoms with Crippen LogP contribution in [-0.2, 0) is 11.2 Å². The molecule has 0 aliphatic carbocycles. The van der Waals surface area contributed by atoms with Crippen LogP contribution in [0.2, 0.25) is 0 Å². The largest absolute Gasteiger partial charge is 0.444 e. The lowest BCUT2D eigenvalue weighted by atomic mass is 10.1. The molecule has 0 fully saturated rings. The molecule has 1 amide bonds. The van der Waals surface area contributed by atoms with E-state index in [4.69, 9.17) is 4.74 Å². The van der Waals surface area contributed by atoms with E-state index in [0.717, 1.165) is 12.0 Å². The van der Waals surface area contributed by atoms with Gasteiger partial charge in [0.1, 0.15) is 11.4 Å². The molecule has 2 rings (SSSR count). The first-order valence-electron chi connectivity index (χ1n) is 10.7. The third-order valence-electron chi connectivity index (χ3n) is 4.33. The van der Waals surface area contributed by atoms with Gasteiger partial charge < -0.3 is 20.5 Å². The van der Waals surface area contributed by atoms with Crippen LogP contribution in [0, 0.1) is 5.82 Å².